The molecule has 0 atom stereocenters. The number of carbonyl (C=O) groups excluding carboxylic acids is 2. The van der Waals surface area contributed by atoms with E-state index in [0.717, 1.165) is 99.8 Å². The highest BCUT2D eigenvalue weighted by Crippen LogP contribution is 2.39. The molecule has 2 N–H and O–H groups in total. The number of aromatic carboxylic acids is 1. The van der Waals surface area contributed by atoms with Gasteiger partial charge >= 0.3 is 5.97 Å². The van der Waals surface area contributed by atoms with Crippen molar-refractivity contribution in [1.82, 2.24) is 28.9 Å². The molecule has 0 aliphatic carbocycles. The van der Waals surface area contributed by atoms with Crippen LogP contribution in [0, 0.1) is 0 Å². The Hall–Kier alpha value is -4.85. The molecule has 1 fully saturated rings. The van der Waals surface area contributed by atoms with E-state index < -0.39 is 5.97 Å². The third-order valence-corrected chi connectivity index (χ3v) is 12.5. The second kappa shape index (κ2) is 16.6. The summed E-state index contributed by atoms with van der Waals surface area (Å²) in [5.41, 5.74) is 7.65. The number of ketones is 1. The van der Waals surface area contributed by atoms with Crippen molar-refractivity contribution in [3.8, 4) is 11.1 Å². The van der Waals surface area contributed by atoms with Crippen LogP contribution >= 0.6 is 23.2 Å². The third kappa shape index (κ3) is 8.02. The van der Waals surface area contributed by atoms with E-state index in [4.69, 9.17) is 37.9 Å². The van der Waals surface area contributed by atoms with Gasteiger partial charge in [-0.15, -0.1) is 0 Å². The molecular weight excluding hydrogens is 765 g/mol. The Morgan fingerprint density at radius 1 is 0.825 bits per heavy atom. The molecule has 57 heavy (non-hydrogen) atoms. The van der Waals surface area contributed by atoms with Gasteiger partial charge < -0.3 is 24.3 Å². The van der Waals surface area contributed by atoms with Crippen LogP contribution in [-0.4, -0.2) is 90.6 Å². The van der Waals surface area contributed by atoms with Crippen LogP contribution in [0.3, 0.4) is 0 Å². The minimum absolute atomic E-state index is 0.0786. The standard InChI is InChI=1S/C43H45Cl2N7O5/c1-49-36-15-20-52(29-16-21-57-22-17-29)25-34(36)46-40(49)37(53)23-28-5-3-6-30(38(28)44)31-7-4-8-32(39(31)45)48-42(54)41-47-33-24-51(19-14-35(33)50(41)2)18-13-26-9-11-27(12-10-26)43(55)56/h3-12,29H,13-25H2,1-2H3,(H,48,54)(H,55,56). The van der Waals surface area contributed by atoms with Crippen LogP contribution in [0.4, 0.5) is 5.69 Å². The maximum Gasteiger partial charge on any atom is 0.335 e. The summed E-state index contributed by atoms with van der Waals surface area (Å²) in [6.07, 6.45) is 4.49. The Labute approximate surface area is 341 Å². The van der Waals surface area contributed by atoms with Gasteiger partial charge in [-0.25, -0.2) is 14.8 Å². The van der Waals surface area contributed by atoms with Gasteiger partial charge in [-0.05, 0) is 48.6 Å². The summed E-state index contributed by atoms with van der Waals surface area (Å²) in [5.74, 6) is -0.698. The van der Waals surface area contributed by atoms with Crippen LogP contribution in [0.25, 0.3) is 11.1 Å². The predicted octanol–water partition coefficient (Wildman–Crippen LogP) is 6.64. The van der Waals surface area contributed by atoms with Crippen molar-refractivity contribution in [3.05, 3.63) is 122 Å². The molecule has 8 rings (SSSR count). The number of aromatic nitrogens is 4. The molecule has 0 unspecified atom stereocenters. The minimum Gasteiger partial charge on any atom is -0.478 e. The number of imidazole rings is 2. The number of benzene rings is 3. The number of amides is 1. The summed E-state index contributed by atoms with van der Waals surface area (Å²) in [5, 5.41) is 12.9. The first-order chi connectivity index (χ1) is 27.5. The highest BCUT2D eigenvalue weighted by atomic mass is 35.5. The number of ether oxygens (including phenoxy) is 1. The molecule has 3 aliphatic rings. The lowest BCUT2D eigenvalue weighted by atomic mass is 9.99. The number of carboxylic acid groups (broad SMARTS) is 1. The highest BCUT2D eigenvalue weighted by Gasteiger charge is 2.31. The zero-order chi connectivity index (χ0) is 39.8. The Bertz CT molecular complexity index is 2350. The number of nitrogens with zero attached hydrogens (tertiary/aromatic N) is 6. The van der Waals surface area contributed by atoms with Crippen molar-refractivity contribution in [2.24, 2.45) is 14.1 Å². The number of carbonyl (C=O) groups is 3. The molecule has 5 aromatic rings. The molecule has 296 valence electrons. The first-order valence-electron chi connectivity index (χ1n) is 19.4. The van der Waals surface area contributed by atoms with E-state index in [2.05, 4.69) is 15.1 Å². The number of anilines is 1. The second-order valence-electron chi connectivity index (χ2n) is 15.1. The number of hydrogen-bond donors (Lipinski definition) is 2. The van der Waals surface area contributed by atoms with Gasteiger partial charge in [0, 0.05) is 108 Å². The molecule has 1 saturated heterocycles. The highest BCUT2D eigenvalue weighted by molar-refractivity contribution is 6.39. The van der Waals surface area contributed by atoms with Crippen LogP contribution in [0.2, 0.25) is 10.0 Å². The lowest BCUT2D eigenvalue weighted by Crippen LogP contribution is -2.42. The number of carboxylic acids is 1. The lowest BCUT2D eigenvalue weighted by Gasteiger charge is -2.36. The molecule has 0 spiro atoms. The molecule has 5 heterocycles. The molecule has 1 amide bonds. The van der Waals surface area contributed by atoms with E-state index in [1.807, 2.05) is 65.7 Å². The van der Waals surface area contributed by atoms with Gasteiger partial charge in [-0.2, -0.15) is 0 Å². The summed E-state index contributed by atoms with van der Waals surface area (Å²) < 4.78 is 9.36. The molecule has 0 bridgehead atoms. The summed E-state index contributed by atoms with van der Waals surface area (Å²) >= 11 is 14.0. The van der Waals surface area contributed by atoms with Crippen LogP contribution < -0.4 is 5.32 Å². The third-order valence-electron chi connectivity index (χ3n) is 11.7. The van der Waals surface area contributed by atoms with Gasteiger partial charge in [-0.3, -0.25) is 19.4 Å². The fourth-order valence-corrected chi connectivity index (χ4v) is 9.00. The maximum atomic E-state index is 13.8. The average Bonchev–Trinajstić information content (AvgIpc) is 3.74. The fraction of sp³-hybridized carbons (Fsp3) is 0.372. The van der Waals surface area contributed by atoms with Gasteiger partial charge in [0.05, 0.1) is 32.7 Å². The molecule has 12 nitrogen and oxygen atoms in total. The first-order valence-corrected chi connectivity index (χ1v) is 20.2. The van der Waals surface area contributed by atoms with Crippen molar-refractivity contribution in [3.63, 3.8) is 0 Å². The first kappa shape index (κ1) is 39.0. The van der Waals surface area contributed by atoms with E-state index in [1.54, 1.807) is 18.2 Å². The summed E-state index contributed by atoms with van der Waals surface area (Å²) in [4.78, 5) is 53.1. The van der Waals surface area contributed by atoms with E-state index >= 15 is 0 Å². The molecular formula is C43H45Cl2N7O5. The average molecular weight is 811 g/mol. The number of nitrogens with one attached hydrogen (secondary N) is 1. The number of rotatable bonds is 11. The Kier molecular flexibility index (Phi) is 11.3. The normalized spacial score (nSPS) is 16.3. The van der Waals surface area contributed by atoms with Crippen LogP contribution in [-0.2, 0) is 57.6 Å². The van der Waals surface area contributed by atoms with E-state index in [1.165, 1.54) is 0 Å². The molecule has 0 saturated carbocycles. The van der Waals surface area contributed by atoms with Crippen molar-refractivity contribution in [2.75, 3.05) is 38.2 Å². The summed E-state index contributed by atoms with van der Waals surface area (Å²) in [7, 11) is 3.78. The number of halogens is 2. The van der Waals surface area contributed by atoms with Crippen molar-refractivity contribution in [2.45, 2.75) is 57.7 Å². The van der Waals surface area contributed by atoms with E-state index in [9.17, 15) is 19.5 Å². The molecule has 0 radical (unpaired) electrons. The number of Topliss-reactive ketones (excluding diaryl/α,β-unsaturated/α-hetero) is 1. The topological polar surface area (TPSA) is 135 Å². The van der Waals surface area contributed by atoms with Crippen LogP contribution in [0.1, 0.15) is 78.3 Å². The van der Waals surface area contributed by atoms with E-state index in [-0.39, 0.29) is 23.7 Å². The Morgan fingerprint density at radius 2 is 1.47 bits per heavy atom. The van der Waals surface area contributed by atoms with Crippen LogP contribution in [0.5, 0.6) is 0 Å². The molecule has 3 aliphatic heterocycles. The Morgan fingerprint density at radius 3 is 2.21 bits per heavy atom. The van der Waals surface area contributed by atoms with Gasteiger partial charge in [0.15, 0.2) is 11.6 Å². The summed E-state index contributed by atoms with van der Waals surface area (Å²) in [6, 6.07) is 18.4. The van der Waals surface area contributed by atoms with Crippen molar-refractivity contribution < 1.29 is 24.2 Å². The van der Waals surface area contributed by atoms with Gasteiger partial charge in [0.1, 0.15) is 0 Å². The fourth-order valence-electron chi connectivity index (χ4n) is 8.43. The Balaban J connectivity index is 0.936. The van der Waals surface area contributed by atoms with Gasteiger partial charge in [0.2, 0.25) is 5.78 Å². The monoisotopic (exact) mass is 809 g/mol. The predicted molar refractivity (Wildman–Crippen MR) is 218 cm³/mol. The van der Waals surface area contributed by atoms with Crippen molar-refractivity contribution in [1.29, 1.82) is 0 Å². The zero-order valence-electron chi connectivity index (χ0n) is 32.1. The SMILES string of the molecule is Cn1c(C(=O)Cc2cccc(-c3cccc(NC(=O)c4nc5c(n4C)CCN(CCc4ccc(C(=O)O)cc4)C5)c3Cl)c2Cl)nc2c1CCN(C1CCOCC1)C2. The van der Waals surface area contributed by atoms with Crippen molar-refractivity contribution >= 4 is 46.5 Å². The quantitative estimate of drug-likeness (QED) is 0.141. The number of hydrogen-bond acceptors (Lipinski definition) is 8. The maximum absolute atomic E-state index is 13.8. The second-order valence-corrected chi connectivity index (χ2v) is 15.9. The van der Waals surface area contributed by atoms with Gasteiger partial charge in [0.25, 0.3) is 5.91 Å². The molecule has 14 heteroatoms. The zero-order valence-corrected chi connectivity index (χ0v) is 33.6. The largest absolute Gasteiger partial charge is 0.478 e. The molecule has 2 aromatic heterocycles. The molecule has 3 aromatic carbocycles. The van der Waals surface area contributed by atoms with E-state index in [0.29, 0.717) is 56.7 Å². The number of fused-ring (bicyclic) bond motifs is 2. The summed E-state index contributed by atoms with van der Waals surface area (Å²) in [6.45, 7) is 5.46. The minimum atomic E-state index is -0.938. The van der Waals surface area contributed by atoms with Gasteiger partial charge in [-0.1, -0.05) is 65.7 Å². The van der Waals surface area contributed by atoms with Crippen LogP contribution in [0.15, 0.2) is 60.7 Å². The smallest absolute Gasteiger partial charge is 0.335 e. The lowest BCUT2D eigenvalue weighted by molar-refractivity contribution is 0.0283.